The van der Waals surface area contributed by atoms with E-state index in [-0.39, 0.29) is 37.0 Å². The molecule has 0 aromatic heterocycles. The highest BCUT2D eigenvalue weighted by Gasteiger charge is 2.28. The van der Waals surface area contributed by atoms with E-state index in [9.17, 15) is 24.6 Å². The molecule has 0 fully saturated rings. The first-order valence-electron chi connectivity index (χ1n) is 13.0. The number of carbonyl (C=O) groups is 3. The van der Waals surface area contributed by atoms with Gasteiger partial charge in [-0.2, -0.15) is 0 Å². The average Bonchev–Trinajstić information content (AvgIpc) is 2.94. The van der Waals surface area contributed by atoms with Crippen LogP contribution < -0.4 is 32.7 Å². The highest BCUT2D eigenvalue weighted by molar-refractivity contribution is 5.92. The predicted octanol–water partition coefficient (Wildman–Crippen LogP) is 1.46. The van der Waals surface area contributed by atoms with E-state index in [1.54, 1.807) is 24.3 Å². The number of rotatable bonds is 13. The van der Waals surface area contributed by atoms with Gasteiger partial charge >= 0.3 is 6.03 Å². The summed E-state index contributed by atoms with van der Waals surface area (Å²) in [6.45, 7) is 0.836. The van der Waals surface area contributed by atoms with Crippen molar-refractivity contribution in [2.45, 2.75) is 37.9 Å². The van der Waals surface area contributed by atoms with E-state index in [4.69, 9.17) is 16.9 Å². The zero-order valence-electron chi connectivity index (χ0n) is 22.4. The Kier molecular flexibility index (Phi) is 10.9. The maximum atomic E-state index is 13.7. The molecule has 41 heavy (non-hydrogen) atoms. The molecule has 216 valence electrons. The lowest BCUT2D eigenvalue weighted by Gasteiger charge is -2.23. The Balaban J connectivity index is 1.75. The largest absolute Gasteiger partial charge is 0.508 e. The van der Waals surface area contributed by atoms with Crippen LogP contribution in [0.15, 0.2) is 72.8 Å². The van der Waals surface area contributed by atoms with Gasteiger partial charge in [-0.1, -0.05) is 48.5 Å². The summed E-state index contributed by atoms with van der Waals surface area (Å²) in [5, 5.41) is 37.7. The van der Waals surface area contributed by atoms with Gasteiger partial charge in [0.25, 0.3) is 0 Å². The maximum Gasteiger partial charge on any atom is 0.312 e. The van der Waals surface area contributed by atoms with E-state index in [0.717, 1.165) is 11.1 Å². The fourth-order valence-corrected chi connectivity index (χ4v) is 4.16. The van der Waals surface area contributed by atoms with Crippen molar-refractivity contribution in [1.29, 1.82) is 5.41 Å². The summed E-state index contributed by atoms with van der Waals surface area (Å²) in [6, 6.07) is 18.1. The fraction of sp³-hybridized carbons (Fsp3) is 0.241. The topological polar surface area (TPSA) is 216 Å². The number of phenols is 2. The van der Waals surface area contributed by atoms with Crippen molar-refractivity contribution in [1.82, 2.24) is 21.3 Å². The summed E-state index contributed by atoms with van der Waals surface area (Å²) in [7, 11) is 0. The van der Waals surface area contributed by atoms with Gasteiger partial charge in [0.1, 0.15) is 17.5 Å². The third kappa shape index (κ3) is 9.77. The third-order valence-corrected chi connectivity index (χ3v) is 6.29. The number of guanidine groups is 1. The third-order valence-electron chi connectivity index (χ3n) is 6.29. The lowest BCUT2D eigenvalue weighted by Crippen LogP contribution is -2.48. The number of hydrogen-bond acceptors (Lipinski definition) is 6. The van der Waals surface area contributed by atoms with Crippen LogP contribution in [0.4, 0.5) is 4.79 Å². The van der Waals surface area contributed by atoms with Gasteiger partial charge in [-0.25, -0.2) is 4.79 Å². The van der Waals surface area contributed by atoms with E-state index in [1.807, 2.05) is 24.3 Å². The quantitative estimate of drug-likeness (QED) is 0.0849. The van der Waals surface area contributed by atoms with Gasteiger partial charge in [0.2, 0.25) is 11.8 Å². The van der Waals surface area contributed by atoms with E-state index in [1.165, 1.54) is 24.3 Å². The van der Waals surface area contributed by atoms with Crippen molar-refractivity contribution in [3.8, 4) is 11.5 Å². The molecule has 1 atom stereocenters. The molecule has 12 heteroatoms. The summed E-state index contributed by atoms with van der Waals surface area (Å²) in [5.41, 5.74) is 13.3. The molecular formula is C29H35N7O5. The molecule has 0 bridgehead atoms. The summed E-state index contributed by atoms with van der Waals surface area (Å²) in [5.74, 6) is -1.74. The first kappa shape index (κ1) is 30.3. The number of primary amides is 1. The zero-order valence-corrected chi connectivity index (χ0v) is 22.4. The normalized spacial score (nSPS) is 11.3. The van der Waals surface area contributed by atoms with Crippen molar-refractivity contribution in [2.24, 2.45) is 11.5 Å². The number of amides is 4. The lowest BCUT2D eigenvalue weighted by atomic mass is 9.90. The Labute approximate surface area is 237 Å². The maximum absolute atomic E-state index is 13.7. The molecule has 0 unspecified atom stereocenters. The molecule has 0 heterocycles. The predicted molar refractivity (Wildman–Crippen MR) is 154 cm³/mol. The molecule has 0 radical (unpaired) electrons. The molecule has 11 N–H and O–H groups in total. The molecule has 3 rings (SSSR count). The number of hydrogen-bond donors (Lipinski definition) is 9. The molecule has 0 aliphatic carbocycles. The van der Waals surface area contributed by atoms with Gasteiger partial charge < -0.3 is 42.9 Å². The van der Waals surface area contributed by atoms with E-state index >= 15 is 0 Å². The lowest BCUT2D eigenvalue weighted by molar-refractivity contribution is -0.129. The zero-order chi connectivity index (χ0) is 29.8. The smallest absolute Gasteiger partial charge is 0.312 e. The molecule has 12 nitrogen and oxygen atoms in total. The first-order chi connectivity index (χ1) is 19.6. The molecule has 3 aromatic carbocycles. The molecular weight excluding hydrogens is 526 g/mol. The number of nitrogens with two attached hydrogens (primary N) is 2. The molecule has 0 saturated heterocycles. The SMILES string of the molecule is N=C(N)NCCC[C@@H](NC(=O)C(c1ccc(O)cc1)c1ccc(O)cc1)C(=O)NCc1ccc(CNC(N)=O)cc1. The molecule has 0 spiro atoms. The average molecular weight is 562 g/mol. The van der Waals surface area contributed by atoms with Gasteiger partial charge in [-0.05, 0) is 59.4 Å². The number of aromatic hydroxyl groups is 2. The number of urea groups is 1. The summed E-state index contributed by atoms with van der Waals surface area (Å²) in [4.78, 5) is 37.8. The van der Waals surface area contributed by atoms with Crippen LogP contribution in [0.3, 0.4) is 0 Å². The van der Waals surface area contributed by atoms with E-state index in [0.29, 0.717) is 24.1 Å². The number of nitrogens with one attached hydrogen (secondary N) is 5. The van der Waals surface area contributed by atoms with E-state index in [2.05, 4.69) is 21.3 Å². The summed E-state index contributed by atoms with van der Waals surface area (Å²) >= 11 is 0. The molecule has 4 amide bonds. The van der Waals surface area contributed by atoms with Crippen molar-refractivity contribution in [3.63, 3.8) is 0 Å². The van der Waals surface area contributed by atoms with Gasteiger partial charge in [-0.15, -0.1) is 0 Å². The van der Waals surface area contributed by atoms with Crippen LogP contribution in [0, 0.1) is 5.41 Å². The number of carbonyl (C=O) groups excluding carboxylic acids is 3. The van der Waals surface area contributed by atoms with Crippen molar-refractivity contribution in [3.05, 3.63) is 95.1 Å². The molecule has 0 saturated carbocycles. The van der Waals surface area contributed by atoms with E-state index < -0.39 is 29.8 Å². The number of benzene rings is 3. The molecule has 0 aliphatic rings. The van der Waals surface area contributed by atoms with Gasteiger partial charge in [0.15, 0.2) is 5.96 Å². The van der Waals surface area contributed by atoms with Crippen LogP contribution in [0.25, 0.3) is 0 Å². The van der Waals surface area contributed by atoms with Crippen LogP contribution in [0.5, 0.6) is 11.5 Å². The molecule has 3 aromatic rings. The van der Waals surface area contributed by atoms with Crippen molar-refractivity contribution < 1.29 is 24.6 Å². The van der Waals surface area contributed by atoms with Gasteiger partial charge in [0, 0.05) is 19.6 Å². The number of phenolic OH excluding ortho intramolecular Hbond substituents is 2. The minimum absolute atomic E-state index is 0.0472. The van der Waals surface area contributed by atoms with Gasteiger partial charge in [0.05, 0.1) is 5.92 Å². The Bertz CT molecular complexity index is 1280. The first-order valence-corrected chi connectivity index (χ1v) is 13.0. The van der Waals surface area contributed by atoms with Crippen molar-refractivity contribution >= 4 is 23.8 Å². The Hall–Kier alpha value is -5.26. The second-order valence-corrected chi connectivity index (χ2v) is 9.41. The minimum Gasteiger partial charge on any atom is -0.508 e. The highest BCUT2D eigenvalue weighted by atomic mass is 16.3. The summed E-state index contributed by atoms with van der Waals surface area (Å²) < 4.78 is 0. The molecule has 0 aliphatic heterocycles. The fourth-order valence-electron chi connectivity index (χ4n) is 4.16. The van der Waals surface area contributed by atoms with Gasteiger partial charge in [-0.3, -0.25) is 15.0 Å². The monoisotopic (exact) mass is 561 g/mol. The van der Waals surface area contributed by atoms with Crippen LogP contribution in [0.2, 0.25) is 0 Å². The van der Waals surface area contributed by atoms with Crippen LogP contribution >= 0.6 is 0 Å². The Morgan fingerprint density at radius 1 is 0.707 bits per heavy atom. The van der Waals surface area contributed by atoms with Crippen LogP contribution in [-0.2, 0) is 22.7 Å². The standard InChI is InChI=1S/C29H35N7O5/c30-28(31)33-15-1-2-24(26(39)34-16-18-3-5-19(6-4-18)17-35-29(32)41)36-27(40)25(20-7-11-22(37)12-8-20)21-9-13-23(38)14-10-21/h3-14,24-25,37-38H,1-2,15-17H2,(H,34,39)(H,36,40)(H4,30,31,33)(H3,32,35,41)/t24-/m1/s1. The van der Waals surface area contributed by atoms with Crippen LogP contribution in [0.1, 0.15) is 41.0 Å². The minimum atomic E-state index is -0.896. The van der Waals surface area contributed by atoms with Crippen LogP contribution in [-0.4, -0.2) is 46.6 Å². The Morgan fingerprint density at radius 2 is 1.20 bits per heavy atom. The second kappa shape index (κ2) is 14.8. The van der Waals surface area contributed by atoms with Crippen molar-refractivity contribution in [2.75, 3.05) is 6.54 Å². The highest BCUT2D eigenvalue weighted by Crippen LogP contribution is 2.28. The second-order valence-electron chi connectivity index (χ2n) is 9.41. The summed E-state index contributed by atoms with van der Waals surface area (Å²) in [6.07, 6.45) is 0.718. The Morgan fingerprint density at radius 3 is 1.66 bits per heavy atom.